The number of aliphatic carboxylic acids is 1. The summed E-state index contributed by atoms with van der Waals surface area (Å²) < 4.78 is 1.87. The van der Waals surface area contributed by atoms with Crippen molar-refractivity contribution in [1.29, 1.82) is 0 Å². The molecule has 1 heterocycles. The van der Waals surface area contributed by atoms with Crippen LogP contribution in [-0.4, -0.2) is 39.2 Å². The standard InChI is InChI=1S/C12H20N4O3/c1-9(5-11(17)18)6-14-12(19)15-10(2)7-16-4-3-13-8-16/h3-4,8-10H,5-7H2,1-2H3,(H,17,18)(H2,14,15,19). The van der Waals surface area contributed by atoms with Gasteiger partial charge in [0, 0.05) is 37.9 Å². The van der Waals surface area contributed by atoms with Crippen molar-refractivity contribution in [3.05, 3.63) is 18.7 Å². The molecule has 0 aliphatic rings. The van der Waals surface area contributed by atoms with E-state index in [1.807, 2.05) is 17.7 Å². The van der Waals surface area contributed by atoms with E-state index in [1.165, 1.54) is 0 Å². The van der Waals surface area contributed by atoms with Gasteiger partial charge in [-0.25, -0.2) is 9.78 Å². The molecule has 0 fully saturated rings. The number of urea groups is 1. The Morgan fingerprint density at radius 3 is 2.74 bits per heavy atom. The Morgan fingerprint density at radius 1 is 1.42 bits per heavy atom. The topological polar surface area (TPSA) is 96.3 Å². The molecule has 3 N–H and O–H groups in total. The summed E-state index contributed by atoms with van der Waals surface area (Å²) >= 11 is 0. The molecule has 106 valence electrons. The number of carboxylic acids is 1. The Bertz CT molecular complexity index is 405. The Labute approximate surface area is 112 Å². The summed E-state index contributed by atoms with van der Waals surface area (Å²) in [6.07, 6.45) is 5.24. The van der Waals surface area contributed by atoms with E-state index in [4.69, 9.17) is 5.11 Å². The summed E-state index contributed by atoms with van der Waals surface area (Å²) in [5.41, 5.74) is 0. The molecule has 0 aliphatic carbocycles. The van der Waals surface area contributed by atoms with E-state index in [0.717, 1.165) is 0 Å². The minimum atomic E-state index is -0.858. The zero-order valence-electron chi connectivity index (χ0n) is 11.2. The summed E-state index contributed by atoms with van der Waals surface area (Å²) in [5.74, 6) is -0.949. The van der Waals surface area contributed by atoms with Crippen LogP contribution in [0.25, 0.3) is 0 Å². The second-order valence-corrected chi connectivity index (χ2v) is 4.72. The van der Waals surface area contributed by atoms with E-state index in [9.17, 15) is 9.59 Å². The third-order valence-electron chi connectivity index (χ3n) is 2.56. The molecule has 1 rings (SSSR count). The predicted molar refractivity (Wildman–Crippen MR) is 69.6 cm³/mol. The lowest BCUT2D eigenvalue weighted by Crippen LogP contribution is -2.43. The van der Waals surface area contributed by atoms with Gasteiger partial charge in [0.15, 0.2) is 0 Å². The van der Waals surface area contributed by atoms with Crippen LogP contribution >= 0.6 is 0 Å². The van der Waals surface area contributed by atoms with Crippen molar-refractivity contribution >= 4 is 12.0 Å². The van der Waals surface area contributed by atoms with Crippen LogP contribution in [0.4, 0.5) is 4.79 Å². The molecule has 0 saturated carbocycles. The van der Waals surface area contributed by atoms with Crippen molar-refractivity contribution in [2.75, 3.05) is 6.54 Å². The normalized spacial score (nSPS) is 13.6. The molecule has 19 heavy (non-hydrogen) atoms. The highest BCUT2D eigenvalue weighted by molar-refractivity contribution is 5.74. The van der Waals surface area contributed by atoms with E-state index < -0.39 is 5.97 Å². The number of carbonyl (C=O) groups excluding carboxylic acids is 1. The van der Waals surface area contributed by atoms with Gasteiger partial charge in [-0.2, -0.15) is 0 Å². The number of rotatable bonds is 7. The minimum absolute atomic E-state index is 0.0380. The number of aromatic nitrogens is 2. The first-order valence-corrected chi connectivity index (χ1v) is 6.19. The maximum Gasteiger partial charge on any atom is 0.315 e. The van der Waals surface area contributed by atoms with Gasteiger partial charge in [0.25, 0.3) is 0 Å². The zero-order valence-corrected chi connectivity index (χ0v) is 11.2. The van der Waals surface area contributed by atoms with E-state index >= 15 is 0 Å². The zero-order chi connectivity index (χ0) is 14.3. The van der Waals surface area contributed by atoms with Crippen LogP contribution < -0.4 is 10.6 Å². The number of hydrogen-bond donors (Lipinski definition) is 3. The van der Waals surface area contributed by atoms with Crippen molar-refractivity contribution in [2.45, 2.75) is 32.9 Å². The Balaban J connectivity index is 2.21. The molecule has 7 heteroatoms. The lowest BCUT2D eigenvalue weighted by atomic mass is 10.1. The van der Waals surface area contributed by atoms with Crippen molar-refractivity contribution < 1.29 is 14.7 Å². The fourth-order valence-electron chi connectivity index (χ4n) is 1.67. The lowest BCUT2D eigenvalue weighted by Gasteiger charge is -2.16. The number of nitrogens with zero attached hydrogens (tertiary/aromatic N) is 2. The highest BCUT2D eigenvalue weighted by Crippen LogP contribution is 1.99. The molecule has 1 aromatic heterocycles. The highest BCUT2D eigenvalue weighted by atomic mass is 16.4. The average molecular weight is 268 g/mol. The summed E-state index contributed by atoms with van der Waals surface area (Å²) in [5, 5.41) is 14.0. The number of carboxylic acid groups (broad SMARTS) is 1. The van der Waals surface area contributed by atoms with Crippen LogP contribution in [0.1, 0.15) is 20.3 Å². The third-order valence-corrected chi connectivity index (χ3v) is 2.56. The van der Waals surface area contributed by atoms with Gasteiger partial charge in [-0.3, -0.25) is 4.79 Å². The molecule has 0 saturated heterocycles. The first kappa shape index (κ1) is 15.0. The third kappa shape index (κ3) is 6.44. The fraction of sp³-hybridized carbons (Fsp3) is 0.583. The van der Waals surface area contributed by atoms with E-state index in [0.29, 0.717) is 13.1 Å². The Kier molecular flexibility index (Phi) is 5.84. The molecule has 2 unspecified atom stereocenters. The van der Waals surface area contributed by atoms with Crippen LogP contribution in [-0.2, 0) is 11.3 Å². The van der Waals surface area contributed by atoms with Gasteiger partial charge in [-0.1, -0.05) is 6.92 Å². The largest absolute Gasteiger partial charge is 0.481 e. The van der Waals surface area contributed by atoms with Crippen molar-refractivity contribution in [3.63, 3.8) is 0 Å². The van der Waals surface area contributed by atoms with Crippen LogP contribution in [0, 0.1) is 5.92 Å². The smallest absolute Gasteiger partial charge is 0.315 e. The Hall–Kier alpha value is -2.05. The second kappa shape index (κ2) is 7.40. The van der Waals surface area contributed by atoms with Gasteiger partial charge in [-0.05, 0) is 12.8 Å². The Morgan fingerprint density at radius 2 is 2.16 bits per heavy atom. The van der Waals surface area contributed by atoms with Crippen molar-refractivity contribution in [2.24, 2.45) is 5.92 Å². The van der Waals surface area contributed by atoms with Gasteiger partial charge in [-0.15, -0.1) is 0 Å². The molecular weight excluding hydrogens is 248 g/mol. The maximum absolute atomic E-state index is 11.6. The molecule has 0 bridgehead atoms. The van der Waals surface area contributed by atoms with Gasteiger partial charge in [0.05, 0.1) is 6.33 Å². The first-order valence-electron chi connectivity index (χ1n) is 6.19. The van der Waals surface area contributed by atoms with Crippen molar-refractivity contribution in [3.8, 4) is 0 Å². The quantitative estimate of drug-likeness (QED) is 0.677. The molecule has 0 aromatic carbocycles. The number of amides is 2. The minimum Gasteiger partial charge on any atom is -0.481 e. The van der Waals surface area contributed by atoms with Gasteiger partial charge >= 0.3 is 12.0 Å². The lowest BCUT2D eigenvalue weighted by molar-refractivity contribution is -0.137. The fourth-order valence-corrected chi connectivity index (χ4v) is 1.67. The van der Waals surface area contributed by atoms with Crippen LogP contribution in [0.5, 0.6) is 0 Å². The van der Waals surface area contributed by atoms with E-state index in [1.54, 1.807) is 19.4 Å². The molecular formula is C12H20N4O3. The highest BCUT2D eigenvalue weighted by Gasteiger charge is 2.11. The van der Waals surface area contributed by atoms with E-state index in [2.05, 4.69) is 15.6 Å². The van der Waals surface area contributed by atoms with Crippen LogP contribution in [0.2, 0.25) is 0 Å². The van der Waals surface area contributed by atoms with E-state index in [-0.39, 0.29) is 24.4 Å². The number of imidazole rings is 1. The first-order chi connectivity index (χ1) is 8.97. The summed E-state index contributed by atoms with van der Waals surface area (Å²) in [6.45, 7) is 4.65. The molecule has 0 radical (unpaired) electrons. The maximum atomic E-state index is 11.6. The van der Waals surface area contributed by atoms with Gasteiger partial charge < -0.3 is 20.3 Å². The van der Waals surface area contributed by atoms with Crippen LogP contribution in [0.15, 0.2) is 18.7 Å². The molecule has 2 atom stereocenters. The monoisotopic (exact) mass is 268 g/mol. The molecule has 0 aliphatic heterocycles. The van der Waals surface area contributed by atoms with Crippen LogP contribution in [0.3, 0.4) is 0 Å². The van der Waals surface area contributed by atoms with Crippen molar-refractivity contribution in [1.82, 2.24) is 20.2 Å². The number of carbonyl (C=O) groups is 2. The number of nitrogens with one attached hydrogen (secondary N) is 2. The summed E-state index contributed by atoms with van der Waals surface area (Å²) in [6, 6.07) is -0.325. The van der Waals surface area contributed by atoms with Gasteiger partial charge in [0.1, 0.15) is 0 Å². The molecule has 0 spiro atoms. The molecule has 2 amide bonds. The predicted octanol–water partition coefficient (Wildman–Crippen LogP) is 0.682. The average Bonchev–Trinajstić information content (AvgIpc) is 2.78. The molecule has 7 nitrogen and oxygen atoms in total. The SMILES string of the molecule is CC(CNC(=O)NC(C)Cn1ccnc1)CC(=O)O. The number of hydrogen-bond acceptors (Lipinski definition) is 3. The summed E-state index contributed by atoms with van der Waals surface area (Å²) in [7, 11) is 0. The molecule has 1 aromatic rings. The second-order valence-electron chi connectivity index (χ2n) is 4.72. The summed E-state index contributed by atoms with van der Waals surface area (Å²) in [4.78, 5) is 26.0. The van der Waals surface area contributed by atoms with Gasteiger partial charge in [0.2, 0.25) is 0 Å².